The van der Waals surface area contributed by atoms with Crippen LogP contribution in [-0.2, 0) is 9.47 Å². The third-order valence-corrected chi connectivity index (χ3v) is 3.72. The van der Waals surface area contributed by atoms with Crippen LogP contribution in [0.4, 0.5) is 5.82 Å². The molecule has 0 aliphatic carbocycles. The van der Waals surface area contributed by atoms with Crippen molar-refractivity contribution in [3.05, 3.63) is 16.0 Å². The second-order valence-electron chi connectivity index (χ2n) is 3.79. The first kappa shape index (κ1) is 15.6. The largest absolute Gasteiger partial charge is 0.383 e. The van der Waals surface area contributed by atoms with Crippen LogP contribution < -0.4 is 4.90 Å². The number of halogens is 2. The standard InChI is InChI=1S/C11H17BrClN3O2/c1-8(6-18-3)16(4-5-17-2)11-9(12)10(13)14-7-15-11/h7-8H,4-6H2,1-3H3. The molecule has 1 atom stereocenters. The molecule has 18 heavy (non-hydrogen) atoms. The molecule has 0 bridgehead atoms. The van der Waals surface area contributed by atoms with Crippen molar-refractivity contribution in [1.82, 2.24) is 9.97 Å². The number of anilines is 1. The number of hydrogen-bond acceptors (Lipinski definition) is 5. The summed E-state index contributed by atoms with van der Waals surface area (Å²) in [6, 6.07) is 0.160. The zero-order valence-electron chi connectivity index (χ0n) is 10.7. The summed E-state index contributed by atoms with van der Waals surface area (Å²) in [5.74, 6) is 0.747. The van der Waals surface area contributed by atoms with E-state index in [0.717, 1.165) is 5.82 Å². The summed E-state index contributed by atoms with van der Waals surface area (Å²) >= 11 is 9.40. The van der Waals surface area contributed by atoms with Gasteiger partial charge in [-0.05, 0) is 22.9 Å². The van der Waals surface area contributed by atoms with E-state index in [1.165, 1.54) is 6.33 Å². The monoisotopic (exact) mass is 337 g/mol. The van der Waals surface area contributed by atoms with Crippen molar-refractivity contribution < 1.29 is 9.47 Å². The van der Waals surface area contributed by atoms with Gasteiger partial charge in [-0.25, -0.2) is 9.97 Å². The Hall–Kier alpha value is -0.430. The quantitative estimate of drug-likeness (QED) is 0.714. The van der Waals surface area contributed by atoms with Crippen molar-refractivity contribution in [1.29, 1.82) is 0 Å². The number of aromatic nitrogens is 2. The highest BCUT2D eigenvalue weighted by atomic mass is 79.9. The highest BCUT2D eigenvalue weighted by molar-refractivity contribution is 9.10. The van der Waals surface area contributed by atoms with Crippen molar-refractivity contribution in [3.63, 3.8) is 0 Å². The fourth-order valence-corrected chi connectivity index (χ4v) is 2.16. The van der Waals surface area contributed by atoms with Gasteiger partial charge in [0.1, 0.15) is 17.3 Å². The first-order chi connectivity index (χ1) is 8.61. The van der Waals surface area contributed by atoms with E-state index in [-0.39, 0.29) is 6.04 Å². The average Bonchev–Trinajstić information content (AvgIpc) is 2.35. The minimum atomic E-state index is 0.160. The predicted molar refractivity (Wildman–Crippen MR) is 75.3 cm³/mol. The number of hydrogen-bond donors (Lipinski definition) is 0. The van der Waals surface area contributed by atoms with Crippen LogP contribution in [0.15, 0.2) is 10.8 Å². The van der Waals surface area contributed by atoms with E-state index in [9.17, 15) is 0 Å². The molecule has 0 radical (unpaired) electrons. The van der Waals surface area contributed by atoms with Crippen LogP contribution in [0.25, 0.3) is 0 Å². The van der Waals surface area contributed by atoms with E-state index < -0.39 is 0 Å². The lowest BCUT2D eigenvalue weighted by atomic mass is 10.3. The molecule has 0 saturated carbocycles. The number of ether oxygens (including phenoxy) is 2. The van der Waals surface area contributed by atoms with Gasteiger partial charge < -0.3 is 14.4 Å². The number of nitrogens with zero attached hydrogens (tertiary/aromatic N) is 3. The normalized spacial score (nSPS) is 12.5. The second-order valence-corrected chi connectivity index (χ2v) is 4.94. The van der Waals surface area contributed by atoms with Crippen LogP contribution in [0.3, 0.4) is 0 Å². The molecule has 0 aliphatic heterocycles. The third kappa shape index (κ3) is 4.05. The van der Waals surface area contributed by atoms with Crippen LogP contribution in [0, 0.1) is 0 Å². The van der Waals surface area contributed by atoms with Gasteiger partial charge in [-0.15, -0.1) is 0 Å². The van der Waals surface area contributed by atoms with Crippen LogP contribution in [0.5, 0.6) is 0 Å². The van der Waals surface area contributed by atoms with E-state index >= 15 is 0 Å². The van der Waals surface area contributed by atoms with Crippen molar-refractivity contribution in [2.45, 2.75) is 13.0 Å². The maximum atomic E-state index is 5.99. The topological polar surface area (TPSA) is 47.5 Å². The number of rotatable bonds is 7. The maximum Gasteiger partial charge on any atom is 0.148 e. The third-order valence-electron chi connectivity index (χ3n) is 2.48. The lowest BCUT2D eigenvalue weighted by Crippen LogP contribution is -2.39. The Morgan fingerprint density at radius 1 is 1.39 bits per heavy atom. The lowest BCUT2D eigenvalue weighted by molar-refractivity contribution is 0.170. The molecule has 1 aromatic heterocycles. The van der Waals surface area contributed by atoms with Crippen LogP contribution >= 0.6 is 27.5 Å². The van der Waals surface area contributed by atoms with E-state index in [2.05, 4.69) is 37.7 Å². The molecule has 0 aromatic carbocycles. The smallest absolute Gasteiger partial charge is 0.148 e. The highest BCUT2D eigenvalue weighted by Crippen LogP contribution is 2.30. The molecule has 7 heteroatoms. The predicted octanol–water partition coefficient (Wildman–Crippen LogP) is 2.38. The average molecular weight is 339 g/mol. The van der Waals surface area contributed by atoms with Crippen molar-refractivity contribution in [2.75, 3.05) is 38.9 Å². The van der Waals surface area contributed by atoms with Crippen LogP contribution in [0.1, 0.15) is 6.92 Å². The number of methoxy groups -OCH3 is 2. The zero-order valence-corrected chi connectivity index (χ0v) is 13.0. The van der Waals surface area contributed by atoms with E-state index in [1.807, 2.05) is 0 Å². The van der Waals surface area contributed by atoms with Crippen molar-refractivity contribution in [2.24, 2.45) is 0 Å². The molecule has 0 saturated heterocycles. The fraction of sp³-hybridized carbons (Fsp3) is 0.636. The van der Waals surface area contributed by atoms with Gasteiger partial charge in [0.05, 0.1) is 23.7 Å². The molecule has 0 spiro atoms. The van der Waals surface area contributed by atoms with Gasteiger partial charge in [0.15, 0.2) is 0 Å². The van der Waals surface area contributed by atoms with E-state index in [4.69, 9.17) is 21.1 Å². The molecule has 0 aliphatic rings. The molecule has 1 unspecified atom stereocenters. The van der Waals surface area contributed by atoms with Gasteiger partial charge in [-0.2, -0.15) is 0 Å². The van der Waals surface area contributed by atoms with Gasteiger partial charge in [-0.3, -0.25) is 0 Å². The minimum absolute atomic E-state index is 0.160. The van der Waals surface area contributed by atoms with Crippen molar-refractivity contribution >= 4 is 33.3 Å². The summed E-state index contributed by atoms with van der Waals surface area (Å²) in [6.07, 6.45) is 1.45. The van der Waals surface area contributed by atoms with Crippen LogP contribution in [0.2, 0.25) is 5.15 Å². The summed E-state index contributed by atoms with van der Waals surface area (Å²) in [6.45, 7) is 3.95. The van der Waals surface area contributed by atoms with Crippen LogP contribution in [-0.4, -0.2) is 50.0 Å². The summed E-state index contributed by atoms with van der Waals surface area (Å²) in [5, 5.41) is 0.395. The molecule has 102 valence electrons. The Bertz CT molecular complexity index is 381. The molecule has 5 nitrogen and oxygen atoms in total. The molecular weight excluding hydrogens is 321 g/mol. The summed E-state index contributed by atoms with van der Waals surface area (Å²) < 4.78 is 11.0. The first-order valence-corrected chi connectivity index (χ1v) is 6.69. The first-order valence-electron chi connectivity index (χ1n) is 5.52. The summed E-state index contributed by atoms with van der Waals surface area (Å²) in [7, 11) is 3.34. The molecule has 0 amide bonds. The Balaban J connectivity index is 2.97. The maximum absolute atomic E-state index is 5.99. The summed E-state index contributed by atoms with van der Waals surface area (Å²) in [5.41, 5.74) is 0. The highest BCUT2D eigenvalue weighted by Gasteiger charge is 2.19. The van der Waals surface area contributed by atoms with Gasteiger partial charge in [0.25, 0.3) is 0 Å². The molecule has 1 aromatic rings. The van der Waals surface area contributed by atoms with Crippen molar-refractivity contribution in [3.8, 4) is 0 Å². The molecule has 1 rings (SSSR count). The Kier molecular flexibility index (Phi) is 6.85. The van der Waals surface area contributed by atoms with Gasteiger partial charge in [-0.1, -0.05) is 11.6 Å². The Morgan fingerprint density at radius 2 is 2.11 bits per heavy atom. The molecular formula is C11H17BrClN3O2. The SMILES string of the molecule is COCCN(c1ncnc(Cl)c1Br)C(C)COC. The second kappa shape index (κ2) is 7.89. The zero-order chi connectivity index (χ0) is 13.5. The fourth-order valence-electron chi connectivity index (χ4n) is 1.60. The van der Waals surface area contributed by atoms with E-state index in [1.54, 1.807) is 14.2 Å². The molecule has 0 fully saturated rings. The van der Waals surface area contributed by atoms with E-state index in [0.29, 0.717) is 29.4 Å². The van der Waals surface area contributed by atoms with Gasteiger partial charge in [0.2, 0.25) is 0 Å². The Labute approximate surface area is 121 Å². The van der Waals surface area contributed by atoms with Gasteiger partial charge in [0, 0.05) is 20.8 Å². The Morgan fingerprint density at radius 3 is 2.72 bits per heavy atom. The molecule has 1 heterocycles. The van der Waals surface area contributed by atoms with Gasteiger partial charge >= 0.3 is 0 Å². The minimum Gasteiger partial charge on any atom is -0.383 e. The lowest BCUT2D eigenvalue weighted by Gasteiger charge is -2.30. The molecule has 0 N–H and O–H groups in total. The summed E-state index contributed by atoms with van der Waals surface area (Å²) in [4.78, 5) is 10.3.